The van der Waals surface area contributed by atoms with E-state index >= 15 is 0 Å². The molecule has 0 fully saturated rings. The second-order valence-corrected chi connectivity index (χ2v) is 5.45. The van der Waals surface area contributed by atoms with Gasteiger partial charge in [0.1, 0.15) is 5.69 Å². The largest absolute Gasteiger partial charge is 0.330 e. The molecule has 96 valence electrons. The van der Waals surface area contributed by atoms with Gasteiger partial charge in [0.25, 0.3) is 0 Å². The summed E-state index contributed by atoms with van der Waals surface area (Å²) >= 11 is 0. The molecule has 4 nitrogen and oxygen atoms in total. The third-order valence-corrected chi connectivity index (χ3v) is 2.63. The lowest BCUT2D eigenvalue weighted by atomic mass is 10.1. The fourth-order valence-corrected chi connectivity index (χ4v) is 1.92. The monoisotopic (exact) mass is 264 g/mol. The van der Waals surface area contributed by atoms with Crippen molar-refractivity contribution in [2.75, 3.05) is 17.5 Å². The van der Waals surface area contributed by atoms with Gasteiger partial charge in [-0.3, -0.25) is 4.72 Å². The third kappa shape index (κ3) is 4.27. The summed E-state index contributed by atoms with van der Waals surface area (Å²) in [6.07, 6.45) is 1.88. The molecule has 0 amide bonds. The summed E-state index contributed by atoms with van der Waals surface area (Å²) in [5, 5.41) is 0. The molecule has 0 heterocycles. The molecular formula is C10H14F2N2O2S. The van der Waals surface area contributed by atoms with Gasteiger partial charge in [0, 0.05) is 0 Å². The van der Waals surface area contributed by atoms with Gasteiger partial charge in [-0.2, -0.15) is 0 Å². The van der Waals surface area contributed by atoms with Gasteiger partial charge < -0.3 is 5.73 Å². The molecule has 0 radical (unpaired) electrons. The predicted octanol–water partition coefficient (Wildman–Crippen LogP) is 1.23. The van der Waals surface area contributed by atoms with Crippen LogP contribution in [-0.2, 0) is 16.4 Å². The highest BCUT2D eigenvalue weighted by atomic mass is 32.2. The average Bonchev–Trinajstić information content (AvgIpc) is 2.19. The summed E-state index contributed by atoms with van der Waals surface area (Å²) in [6.45, 7) is 0.423. The zero-order chi connectivity index (χ0) is 13.1. The number of aryl methyl sites for hydroxylation is 1. The van der Waals surface area contributed by atoms with Crippen molar-refractivity contribution in [3.05, 3.63) is 29.3 Å². The third-order valence-electron chi connectivity index (χ3n) is 2.06. The molecule has 3 N–H and O–H groups in total. The molecule has 1 aromatic carbocycles. The fraction of sp³-hybridized carbons (Fsp3) is 0.400. The molecule has 0 aromatic heterocycles. The van der Waals surface area contributed by atoms with Crippen molar-refractivity contribution in [3.63, 3.8) is 0 Å². The van der Waals surface area contributed by atoms with E-state index in [0.29, 0.717) is 24.9 Å². The first kappa shape index (κ1) is 13.9. The topological polar surface area (TPSA) is 72.2 Å². The number of rotatable bonds is 5. The molecule has 7 heteroatoms. The SMILES string of the molecule is CS(=O)(=O)Nc1c(F)cc(CCCN)cc1F. The van der Waals surface area contributed by atoms with Gasteiger partial charge >= 0.3 is 0 Å². The molecule has 0 unspecified atom stereocenters. The fourth-order valence-electron chi connectivity index (χ4n) is 1.36. The molecule has 0 spiro atoms. The minimum absolute atomic E-state index is 0.423. The van der Waals surface area contributed by atoms with Gasteiger partial charge in [0.15, 0.2) is 11.6 Å². The standard InChI is InChI=1S/C10H14F2N2O2S/c1-17(15,16)14-10-8(11)5-7(3-2-4-13)6-9(10)12/h5-6,14H,2-4,13H2,1H3. The van der Waals surface area contributed by atoms with E-state index in [-0.39, 0.29) is 0 Å². The first-order valence-corrected chi connectivity index (χ1v) is 6.88. The maximum Gasteiger partial charge on any atom is 0.230 e. The second-order valence-electron chi connectivity index (χ2n) is 3.70. The molecule has 0 aliphatic rings. The zero-order valence-corrected chi connectivity index (χ0v) is 10.2. The Morgan fingerprint density at radius 1 is 1.29 bits per heavy atom. The number of benzene rings is 1. The molecule has 17 heavy (non-hydrogen) atoms. The summed E-state index contributed by atoms with van der Waals surface area (Å²) in [5.74, 6) is -1.86. The van der Waals surface area contributed by atoms with Crippen LogP contribution in [0.25, 0.3) is 0 Å². The number of halogens is 2. The Labute approximate surface area is 98.9 Å². The number of hydrogen-bond donors (Lipinski definition) is 2. The van der Waals surface area contributed by atoms with Crippen molar-refractivity contribution in [3.8, 4) is 0 Å². The van der Waals surface area contributed by atoms with E-state index in [1.807, 2.05) is 0 Å². The summed E-state index contributed by atoms with van der Waals surface area (Å²) in [7, 11) is -3.70. The van der Waals surface area contributed by atoms with E-state index in [1.165, 1.54) is 0 Å². The highest BCUT2D eigenvalue weighted by Crippen LogP contribution is 2.22. The van der Waals surface area contributed by atoms with Gasteiger partial charge in [-0.05, 0) is 37.1 Å². The Morgan fingerprint density at radius 2 is 1.82 bits per heavy atom. The van der Waals surface area contributed by atoms with Gasteiger partial charge in [0.2, 0.25) is 10.0 Å². The van der Waals surface area contributed by atoms with Crippen molar-refractivity contribution in [1.82, 2.24) is 0 Å². The molecule has 0 saturated carbocycles. The molecular weight excluding hydrogens is 250 g/mol. The van der Waals surface area contributed by atoms with Crippen LogP contribution in [0.5, 0.6) is 0 Å². The quantitative estimate of drug-likeness (QED) is 0.840. The minimum Gasteiger partial charge on any atom is -0.330 e. The van der Waals surface area contributed by atoms with E-state index < -0.39 is 27.3 Å². The van der Waals surface area contributed by atoms with Gasteiger partial charge in [0.05, 0.1) is 6.26 Å². The first-order valence-electron chi connectivity index (χ1n) is 4.99. The Balaban J connectivity index is 3.02. The van der Waals surface area contributed by atoms with Crippen LogP contribution < -0.4 is 10.5 Å². The summed E-state index contributed by atoms with van der Waals surface area (Å²) in [6, 6.07) is 2.21. The summed E-state index contributed by atoms with van der Waals surface area (Å²) in [5.41, 5.74) is 5.09. The van der Waals surface area contributed by atoms with Crippen molar-refractivity contribution in [1.29, 1.82) is 0 Å². The molecule has 1 aromatic rings. The molecule has 0 saturated heterocycles. The van der Waals surface area contributed by atoms with Crippen LogP contribution in [0.1, 0.15) is 12.0 Å². The highest BCUT2D eigenvalue weighted by molar-refractivity contribution is 7.92. The van der Waals surface area contributed by atoms with E-state index in [0.717, 1.165) is 18.4 Å². The Hall–Kier alpha value is -1.21. The number of nitrogens with one attached hydrogen (secondary N) is 1. The van der Waals surface area contributed by atoms with Crippen LogP contribution in [0.15, 0.2) is 12.1 Å². The number of nitrogens with two attached hydrogens (primary N) is 1. The number of hydrogen-bond acceptors (Lipinski definition) is 3. The number of anilines is 1. The van der Waals surface area contributed by atoms with E-state index in [1.54, 1.807) is 4.72 Å². The Bertz CT molecular complexity index is 480. The molecule has 0 aliphatic carbocycles. The predicted molar refractivity (Wildman–Crippen MR) is 62.2 cm³/mol. The molecule has 0 bridgehead atoms. The smallest absolute Gasteiger partial charge is 0.230 e. The van der Waals surface area contributed by atoms with E-state index in [2.05, 4.69) is 0 Å². The van der Waals surface area contributed by atoms with Crippen LogP contribution in [0.2, 0.25) is 0 Å². The maximum atomic E-state index is 13.5. The van der Waals surface area contributed by atoms with Gasteiger partial charge in [-0.15, -0.1) is 0 Å². The molecule has 1 rings (SSSR count). The van der Waals surface area contributed by atoms with Crippen LogP contribution >= 0.6 is 0 Å². The normalized spacial score (nSPS) is 11.5. The Kier molecular flexibility index (Phi) is 4.41. The maximum absolute atomic E-state index is 13.5. The highest BCUT2D eigenvalue weighted by Gasteiger charge is 2.14. The van der Waals surface area contributed by atoms with Crippen molar-refractivity contribution in [2.45, 2.75) is 12.8 Å². The molecule has 0 aliphatic heterocycles. The summed E-state index contributed by atoms with van der Waals surface area (Å²) in [4.78, 5) is 0. The van der Waals surface area contributed by atoms with Crippen molar-refractivity contribution in [2.24, 2.45) is 5.73 Å². The van der Waals surface area contributed by atoms with Crippen molar-refractivity contribution < 1.29 is 17.2 Å². The summed E-state index contributed by atoms with van der Waals surface area (Å²) < 4.78 is 50.5. The van der Waals surface area contributed by atoms with Crippen LogP contribution in [0, 0.1) is 11.6 Å². The first-order chi connectivity index (χ1) is 7.83. The van der Waals surface area contributed by atoms with Crippen LogP contribution in [0.3, 0.4) is 0 Å². The minimum atomic E-state index is -3.70. The van der Waals surface area contributed by atoms with Gasteiger partial charge in [-0.1, -0.05) is 0 Å². The Morgan fingerprint density at radius 3 is 2.24 bits per heavy atom. The number of sulfonamides is 1. The molecule has 0 atom stereocenters. The zero-order valence-electron chi connectivity index (χ0n) is 9.33. The van der Waals surface area contributed by atoms with Gasteiger partial charge in [-0.25, -0.2) is 17.2 Å². The lowest BCUT2D eigenvalue weighted by molar-refractivity contribution is 0.581. The van der Waals surface area contributed by atoms with E-state index in [4.69, 9.17) is 5.73 Å². The average molecular weight is 264 g/mol. The van der Waals surface area contributed by atoms with Crippen molar-refractivity contribution >= 4 is 15.7 Å². The van der Waals surface area contributed by atoms with Crippen LogP contribution in [-0.4, -0.2) is 21.2 Å². The lowest BCUT2D eigenvalue weighted by Gasteiger charge is -2.09. The van der Waals surface area contributed by atoms with Crippen LogP contribution in [0.4, 0.5) is 14.5 Å². The van der Waals surface area contributed by atoms with E-state index in [9.17, 15) is 17.2 Å². The second kappa shape index (κ2) is 5.42. The lowest BCUT2D eigenvalue weighted by Crippen LogP contribution is -2.13.